The van der Waals surface area contributed by atoms with E-state index >= 15 is 0 Å². The number of imide groups is 1. The summed E-state index contributed by atoms with van der Waals surface area (Å²) >= 11 is 0. The molecule has 0 fully saturated rings. The standard InChI is InChI=1S/C35H31N5O3/c1-38(19-20-41)17-8-18-40-30-14-7-5-12-27(30)33(37-40)32-31(34(42)36-35(32)43)28-22-39(29-13-6-4-11-26(28)29)25-16-15-23-9-2-3-10-24(23)21-25/h2-7,9-16,21-22,41H,8,17-20H2,1H3,(H,36,42,43). The van der Waals surface area contributed by atoms with Crippen LogP contribution in [0.15, 0.2) is 97.2 Å². The lowest BCUT2D eigenvalue weighted by Gasteiger charge is -2.14. The second kappa shape index (κ2) is 11.0. The molecule has 7 rings (SSSR count). The van der Waals surface area contributed by atoms with Crippen LogP contribution in [0.2, 0.25) is 0 Å². The number of aryl methyl sites for hydroxylation is 1. The number of para-hydroxylation sites is 2. The average molecular weight is 570 g/mol. The Labute approximate surface area is 248 Å². The molecule has 43 heavy (non-hydrogen) atoms. The van der Waals surface area contributed by atoms with Crippen LogP contribution in [0.4, 0.5) is 0 Å². The van der Waals surface area contributed by atoms with Gasteiger partial charge in [-0.25, -0.2) is 0 Å². The molecule has 0 radical (unpaired) electrons. The van der Waals surface area contributed by atoms with Gasteiger partial charge in [0, 0.05) is 41.3 Å². The number of carbonyl (C=O) groups excluding carboxylic acids is 2. The van der Waals surface area contributed by atoms with E-state index in [4.69, 9.17) is 5.10 Å². The van der Waals surface area contributed by atoms with E-state index in [9.17, 15) is 14.7 Å². The zero-order valence-corrected chi connectivity index (χ0v) is 23.8. The van der Waals surface area contributed by atoms with Gasteiger partial charge in [0.05, 0.1) is 28.8 Å². The Morgan fingerprint density at radius 2 is 1.49 bits per heavy atom. The number of nitrogens with zero attached hydrogens (tertiary/aromatic N) is 4. The fraction of sp³-hybridized carbons (Fsp3) is 0.171. The number of hydrogen-bond acceptors (Lipinski definition) is 5. The van der Waals surface area contributed by atoms with E-state index in [2.05, 4.69) is 45.1 Å². The van der Waals surface area contributed by atoms with E-state index in [1.54, 1.807) is 0 Å². The van der Waals surface area contributed by atoms with Crippen molar-refractivity contribution in [2.24, 2.45) is 0 Å². The molecule has 3 heterocycles. The van der Waals surface area contributed by atoms with Crippen molar-refractivity contribution in [3.05, 3.63) is 108 Å². The third kappa shape index (κ3) is 4.70. The van der Waals surface area contributed by atoms with Crippen LogP contribution in [-0.2, 0) is 16.1 Å². The first-order valence-electron chi connectivity index (χ1n) is 14.5. The molecule has 1 aliphatic rings. The molecule has 0 spiro atoms. The summed E-state index contributed by atoms with van der Waals surface area (Å²) in [4.78, 5) is 29.1. The number of aromatic nitrogens is 3. The molecule has 2 N–H and O–H groups in total. The first-order chi connectivity index (χ1) is 21.0. The number of fused-ring (bicyclic) bond motifs is 3. The van der Waals surface area contributed by atoms with Gasteiger partial charge in [-0.05, 0) is 55.1 Å². The molecular weight excluding hydrogens is 538 g/mol. The van der Waals surface area contributed by atoms with Crippen LogP contribution in [0.3, 0.4) is 0 Å². The lowest BCUT2D eigenvalue weighted by atomic mass is 9.97. The monoisotopic (exact) mass is 569 g/mol. The summed E-state index contributed by atoms with van der Waals surface area (Å²) in [5.74, 6) is -0.869. The third-order valence-corrected chi connectivity index (χ3v) is 8.21. The minimum atomic E-state index is -0.444. The van der Waals surface area contributed by atoms with Crippen molar-refractivity contribution in [3.8, 4) is 5.69 Å². The normalized spacial score (nSPS) is 13.7. The highest BCUT2D eigenvalue weighted by molar-refractivity contribution is 6.50. The Hall–Kier alpha value is -5.05. The summed E-state index contributed by atoms with van der Waals surface area (Å²) in [6.45, 7) is 2.15. The van der Waals surface area contributed by atoms with Crippen molar-refractivity contribution in [3.63, 3.8) is 0 Å². The van der Waals surface area contributed by atoms with Crippen molar-refractivity contribution in [2.45, 2.75) is 13.0 Å². The van der Waals surface area contributed by atoms with Gasteiger partial charge in [-0.3, -0.25) is 19.6 Å². The maximum atomic E-state index is 13.5. The van der Waals surface area contributed by atoms with Crippen LogP contribution in [0.25, 0.3) is 49.4 Å². The van der Waals surface area contributed by atoms with Crippen LogP contribution in [-0.4, -0.2) is 62.9 Å². The number of rotatable bonds is 9. The van der Waals surface area contributed by atoms with Crippen molar-refractivity contribution in [1.29, 1.82) is 0 Å². The number of amides is 2. The topological polar surface area (TPSA) is 92.4 Å². The summed E-state index contributed by atoms with van der Waals surface area (Å²) in [5.41, 5.74) is 4.62. The Morgan fingerprint density at radius 3 is 2.30 bits per heavy atom. The maximum Gasteiger partial charge on any atom is 0.261 e. The largest absolute Gasteiger partial charge is 0.395 e. The molecule has 4 aromatic carbocycles. The fourth-order valence-corrected chi connectivity index (χ4v) is 6.11. The molecule has 0 atom stereocenters. The van der Waals surface area contributed by atoms with E-state index in [0.717, 1.165) is 51.2 Å². The summed E-state index contributed by atoms with van der Waals surface area (Å²) < 4.78 is 3.99. The molecule has 8 heteroatoms. The predicted molar refractivity (Wildman–Crippen MR) is 170 cm³/mol. The molecule has 6 aromatic rings. The van der Waals surface area contributed by atoms with Gasteiger partial charge in [0.15, 0.2) is 0 Å². The number of aliphatic hydroxyl groups excluding tert-OH is 1. The second-order valence-corrected chi connectivity index (χ2v) is 11.0. The lowest BCUT2D eigenvalue weighted by molar-refractivity contribution is -0.122. The highest BCUT2D eigenvalue weighted by atomic mass is 16.3. The van der Waals surface area contributed by atoms with Gasteiger partial charge in [0.1, 0.15) is 5.69 Å². The van der Waals surface area contributed by atoms with Crippen LogP contribution < -0.4 is 5.32 Å². The number of likely N-dealkylation sites (N-methyl/N-ethyl adjacent to an activating group) is 1. The molecule has 8 nitrogen and oxygen atoms in total. The average Bonchev–Trinajstić information content (AvgIpc) is 3.67. The molecule has 2 aromatic heterocycles. The summed E-state index contributed by atoms with van der Waals surface area (Å²) in [6.07, 6.45) is 2.77. The number of aliphatic hydroxyl groups is 1. The van der Waals surface area contributed by atoms with Crippen LogP contribution >= 0.6 is 0 Å². The van der Waals surface area contributed by atoms with Crippen molar-refractivity contribution in [2.75, 3.05) is 26.7 Å². The molecule has 0 aliphatic carbocycles. The van der Waals surface area contributed by atoms with Gasteiger partial charge in [-0.1, -0.05) is 66.7 Å². The van der Waals surface area contributed by atoms with Gasteiger partial charge < -0.3 is 14.6 Å². The number of nitrogens with one attached hydrogen (secondary N) is 1. The predicted octanol–water partition coefficient (Wildman–Crippen LogP) is 5.01. The fourth-order valence-electron chi connectivity index (χ4n) is 6.11. The third-order valence-electron chi connectivity index (χ3n) is 8.21. The van der Waals surface area contributed by atoms with Crippen LogP contribution in [0.5, 0.6) is 0 Å². The van der Waals surface area contributed by atoms with Crippen molar-refractivity contribution < 1.29 is 14.7 Å². The zero-order chi connectivity index (χ0) is 29.5. The number of hydrogen-bond donors (Lipinski definition) is 2. The molecule has 0 saturated heterocycles. The minimum absolute atomic E-state index is 0.114. The molecular formula is C35H31N5O3. The van der Waals surface area contributed by atoms with E-state index in [0.29, 0.717) is 35.5 Å². The van der Waals surface area contributed by atoms with Gasteiger partial charge in [0.2, 0.25) is 0 Å². The number of benzene rings is 4. The molecule has 0 saturated carbocycles. The van der Waals surface area contributed by atoms with E-state index in [1.165, 1.54) is 0 Å². The lowest BCUT2D eigenvalue weighted by Crippen LogP contribution is -2.24. The number of carbonyl (C=O) groups is 2. The van der Waals surface area contributed by atoms with Gasteiger partial charge in [-0.15, -0.1) is 0 Å². The molecule has 214 valence electrons. The Bertz CT molecular complexity index is 2070. The maximum absolute atomic E-state index is 13.5. The van der Waals surface area contributed by atoms with E-state index in [1.807, 2.05) is 78.6 Å². The first-order valence-corrected chi connectivity index (χ1v) is 14.5. The smallest absolute Gasteiger partial charge is 0.261 e. The van der Waals surface area contributed by atoms with Gasteiger partial charge >= 0.3 is 0 Å². The van der Waals surface area contributed by atoms with Crippen molar-refractivity contribution >= 4 is 55.5 Å². The molecule has 0 unspecified atom stereocenters. The van der Waals surface area contributed by atoms with Crippen LogP contribution in [0, 0.1) is 0 Å². The molecule has 2 amide bonds. The summed E-state index contributed by atoms with van der Waals surface area (Å²) in [5, 5.41) is 20.7. The molecule has 0 bridgehead atoms. The SMILES string of the molecule is CN(CCO)CCCn1nc(C2=C(c3cn(-c4ccc5ccccc5c4)c4ccccc34)C(=O)NC2=O)c2ccccc21. The first kappa shape index (κ1) is 26.8. The Kier molecular flexibility index (Phi) is 6.85. The quantitative estimate of drug-likeness (QED) is 0.239. The molecule has 1 aliphatic heterocycles. The highest BCUT2D eigenvalue weighted by Gasteiger charge is 2.36. The van der Waals surface area contributed by atoms with E-state index < -0.39 is 11.8 Å². The second-order valence-electron chi connectivity index (χ2n) is 11.0. The minimum Gasteiger partial charge on any atom is -0.395 e. The summed E-state index contributed by atoms with van der Waals surface area (Å²) in [7, 11) is 1.97. The van der Waals surface area contributed by atoms with E-state index in [-0.39, 0.29) is 6.61 Å². The zero-order valence-electron chi connectivity index (χ0n) is 23.8. The van der Waals surface area contributed by atoms with Gasteiger partial charge in [-0.2, -0.15) is 5.10 Å². The Morgan fingerprint density at radius 1 is 0.791 bits per heavy atom. The van der Waals surface area contributed by atoms with Gasteiger partial charge in [0.25, 0.3) is 11.8 Å². The van der Waals surface area contributed by atoms with Crippen molar-refractivity contribution in [1.82, 2.24) is 24.6 Å². The summed E-state index contributed by atoms with van der Waals surface area (Å²) in [6, 6.07) is 30.3. The Balaban J connectivity index is 1.38. The highest BCUT2D eigenvalue weighted by Crippen LogP contribution is 2.39. The van der Waals surface area contributed by atoms with Crippen LogP contribution in [0.1, 0.15) is 17.7 Å².